The summed E-state index contributed by atoms with van der Waals surface area (Å²) in [6, 6.07) is 12.6. The molecule has 0 heterocycles. The highest BCUT2D eigenvalue weighted by molar-refractivity contribution is 7.92. The molecule has 0 aliphatic heterocycles. The lowest BCUT2D eigenvalue weighted by atomic mass is 10.1. The molecule has 0 unspecified atom stereocenters. The van der Waals surface area contributed by atoms with E-state index in [4.69, 9.17) is 11.6 Å². The monoisotopic (exact) mass is 394 g/mol. The third kappa shape index (κ3) is 4.99. The number of nitrogens with one attached hydrogen (secondary N) is 1. The van der Waals surface area contributed by atoms with Crippen molar-refractivity contribution < 1.29 is 13.2 Å². The molecule has 2 rings (SSSR count). The van der Waals surface area contributed by atoms with Crippen molar-refractivity contribution in [2.45, 2.75) is 26.7 Å². The van der Waals surface area contributed by atoms with E-state index in [2.05, 4.69) is 5.32 Å². The van der Waals surface area contributed by atoms with E-state index < -0.39 is 10.0 Å². The number of carbonyl (C=O) groups excluding carboxylic acids is 1. The molecule has 7 heteroatoms. The second-order valence-electron chi connectivity index (χ2n) is 6.03. The van der Waals surface area contributed by atoms with Crippen molar-refractivity contribution in [3.05, 3.63) is 58.6 Å². The largest absolute Gasteiger partial charge is 0.326 e. The van der Waals surface area contributed by atoms with Crippen molar-refractivity contribution >= 4 is 38.9 Å². The Balaban J connectivity index is 2.15. The van der Waals surface area contributed by atoms with Crippen molar-refractivity contribution in [3.63, 3.8) is 0 Å². The summed E-state index contributed by atoms with van der Waals surface area (Å²) < 4.78 is 25.8. The van der Waals surface area contributed by atoms with Crippen LogP contribution in [0.3, 0.4) is 0 Å². The molecule has 140 valence electrons. The maximum Gasteiger partial charge on any atom is 0.232 e. The number of aryl methyl sites for hydroxylation is 1. The molecular formula is C19H23ClN2O3S. The molecule has 5 nitrogen and oxygen atoms in total. The van der Waals surface area contributed by atoms with Gasteiger partial charge in [0.2, 0.25) is 15.9 Å². The van der Waals surface area contributed by atoms with Gasteiger partial charge in [-0.15, -0.1) is 0 Å². The van der Waals surface area contributed by atoms with Gasteiger partial charge < -0.3 is 5.32 Å². The molecule has 0 radical (unpaired) electrons. The Labute approximate surface area is 160 Å². The molecular weight excluding hydrogens is 372 g/mol. The minimum atomic E-state index is -3.50. The number of hydrogen-bond acceptors (Lipinski definition) is 3. The fraction of sp³-hybridized carbons (Fsp3) is 0.316. The second kappa shape index (κ2) is 8.56. The van der Waals surface area contributed by atoms with Gasteiger partial charge in [-0.05, 0) is 42.7 Å². The van der Waals surface area contributed by atoms with Gasteiger partial charge in [-0.2, -0.15) is 0 Å². The van der Waals surface area contributed by atoms with Gasteiger partial charge in [0, 0.05) is 23.7 Å². The van der Waals surface area contributed by atoms with E-state index in [1.807, 2.05) is 26.0 Å². The molecule has 0 atom stereocenters. The van der Waals surface area contributed by atoms with Crippen LogP contribution in [0.2, 0.25) is 5.02 Å². The molecule has 0 bridgehead atoms. The lowest BCUT2D eigenvalue weighted by molar-refractivity contribution is -0.116. The fourth-order valence-corrected chi connectivity index (χ4v) is 3.81. The molecule has 0 saturated heterocycles. The van der Waals surface area contributed by atoms with Gasteiger partial charge in [0.25, 0.3) is 0 Å². The van der Waals surface area contributed by atoms with Crippen LogP contribution in [0, 0.1) is 6.92 Å². The lowest BCUT2D eigenvalue weighted by Gasteiger charge is -2.24. The minimum absolute atomic E-state index is 0.0388. The standard InChI is InChI=1S/C19H23ClN2O3S/c1-4-15-8-5-6-11-18(15)22(26(3,24)25)13-12-19(23)21-17-10-7-9-16(20)14(17)2/h5-11H,4,12-13H2,1-3H3,(H,21,23). The average molecular weight is 395 g/mol. The number of benzene rings is 2. The van der Waals surface area contributed by atoms with Crippen molar-refractivity contribution in [1.82, 2.24) is 0 Å². The lowest BCUT2D eigenvalue weighted by Crippen LogP contribution is -2.33. The third-order valence-electron chi connectivity index (χ3n) is 4.13. The highest BCUT2D eigenvalue weighted by Gasteiger charge is 2.20. The van der Waals surface area contributed by atoms with Crippen LogP contribution in [-0.4, -0.2) is 27.1 Å². The van der Waals surface area contributed by atoms with Crippen LogP contribution >= 0.6 is 11.6 Å². The van der Waals surface area contributed by atoms with E-state index >= 15 is 0 Å². The molecule has 2 aromatic carbocycles. The van der Waals surface area contributed by atoms with Crippen LogP contribution in [0.4, 0.5) is 11.4 Å². The molecule has 1 amide bonds. The average Bonchev–Trinajstić information content (AvgIpc) is 2.58. The Morgan fingerprint density at radius 2 is 1.85 bits per heavy atom. The van der Waals surface area contributed by atoms with Crippen LogP contribution in [0.1, 0.15) is 24.5 Å². The number of carbonyl (C=O) groups is 1. The molecule has 2 aromatic rings. The number of rotatable bonds is 7. The summed E-state index contributed by atoms with van der Waals surface area (Å²) >= 11 is 6.06. The molecule has 0 aliphatic rings. The molecule has 0 fully saturated rings. The summed E-state index contributed by atoms with van der Waals surface area (Å²) in [6.45, 7) is 3.85. The number of para-hydroxylation sites is 1. The Kier molecular flexibility index (Phi) is 6.67. The van der Waals surface area contributed by atoms with Crippen LogP contribution in [0.15, 0.2) is 42.5 Å². The topological polar surface area (TPSA) is 66.5 Å². The summed E-state index contributed by atoms with van der Waals surface area (Å²) in [4.78, 5) is 12.3. The number of hydrogen-bond donors (Lipinski definition) is 1. The quantitative estimate of drug-likeness (QED) is 0.771. The first kappa shape index (κ1) is 20.3. The van der Waals surface area contributed by atoms with E-state index in [9.17, 15) is 13.2 Å². The fourth-order valence-electron chi connectivity index (χ4n) is 2.68. The second-order valence-corrected chi connectivity index (χ2v) is 8.34. The molecule has 0 aromatic heterocycles. The zero-order valence-electron chi connectivity index (χ0n) is 15.1. The zero-order chi connectivity index (χ0) is 19.3. The number of anilines is 2. The minimum Gasteiger partial charge on any atom is -0.326 e. The van der Waals surface area contributed by atoms with E-state index in [1.54, 1.807) is 30.3 Å². The number of sulfonamides is 1. The van der Waals surface area contributed by atoms with Gasteiger partial charge in [-0.1, -0.05) is 42.8 Å². The van der Waals surface area contributed by atoms with Crippen molar-refractivity contribution in [2.75, 3.05) is 22.4 Å². The third-order valence-corrected chi connectivity index (χ3v) is 5.71. The smallest absolute Gasteiger partial charge is 0.232 e. The first-order valence-electron chi connectivity index (χ1n) is 8.34. The summed E-state index contributed by atoms with van der Waals surface area (Å²) in [5.74, 6) is -0.266. The van der Waals surface area contributed by atoms with Crippen LogP contribution in [0.5, 0.6) is 0 Å². The first-order chi connectivity index (χ1) is 12.2. The Morgan fingerprint density at radius 3 is 2.50 bits per heavy atom. The van der Waals surface area contributed by atoms with Gasteiger partial charge in [-0.25, -0.2) is 8.42 Å². The summed E-state index contributed by atoms with van der Waals surface area (Å²) in [5.41, 5.74) is 2.94. The summed E-state index contributed by atoms with van der Waals surface area (Å²) in [7, 11) is -3.50. The molecule has 0 aliphatic carbocycles. The molecule has 0 saturated carbocycles. The summed E-state index contributed by atoms with van der Waals surface area (Å²) in [6.07, 6.45) is 1.89. The van der Waals surface area contributed by atoms with Gasteiger partial charge >= 0.3 is 0 Å². The van der Waals surface area contributed by atoms with Crippen LogP contribution in [0.25, 0.3) is 0 Å². The van der Waals surface area contributed by atoms with Gasteiger partial charge in [0.15, 0.2) is 0 Å². The van der Waals surface area contributed by atoms with Crippen LogP contribution in [-0.2, 0) is 21.2 Å². The zero-order valence-corrected chi connectivity index (χ0v) is 16.7. The number of amides is 1. The van der Waals surface area contributed by atoms with Crippen molar-refractivity contribution in [3.8, 4) is 0 Å². The molecule has 26 heavy (non-hydrogen) atoms. The van der Waals surface area contributed by atoms with Gasteiger partial charge in [0.1, 0.15) is 0 Å². The molecule has 1 N–H and O–H groups in total. The SMILES string of the molecule is CCc1ccccc1N(CCC(=O)Nc1cccc(Cl)c1C)S(C)(=O)=O. The highest BCUT2D eigenvalue weighted by atomic mass is 35.5. The summed E-state index contributed by atoms with van der Waals surface area (Å²) in [5, 5.41) is 3.36. The maximum atomic E-state index is 12.3. The normalized spacial score (nSPS) is 11.2. The van der Waals surface area contributed by atoms with Gasteiger partial charge in [0.05, 0.1) is 11.9 Å². The van der Waals surface area contributed by atoms with E-state index in [0.29, 0.717) is 22.8 Å². The Bertz CT molecular complexity index is 897. The van der Waals surface area contributed by atoms with E-state index in [0.717, 1.165) is 17.4 Å². The van der Waals surface area contributed by atoms with Crippen molar-refractivity contribution in [2.24, 2.45) is 0 Å². The first-order valence-corrected chi connectivity index (χ1v) is 10.6. The van der Waals surface area contributed by atoms with E-state index in [1.165, 1.54) is 4.31 Å². The Morgan fingerprint density at radius 1 is 1.15 bits per heavy atom. The molecule has 0 spiro atoms. The van der Waals surface area contributed by atoms with Gasteiger partial charge in [-0.3, -0.25) is 9.10 Å². The predicted octanol–water partition coefficient (Wildman–Crippen LogP) is 4.01. The maximum absolute atomic E-state index is 12.3. The van der Waals surface area contributed by atoms with Crippen LogP contribution < -0.4 is 9.62 Å². The highest BCUT2D eigenvalue weighted by Crippen LogP contribution is 2.25. The van der Waals surface area contributed by atoms with Crippen molar-refractivity contribution in [1.29, 1.82) is 0 Å². The Hall–Kier alpha value is -2.05. The number of nitrogens with zero attached hydrogens (tertiary/aromatic N) is 1. The predicted molar refractivity (Wildman–Crippen MR) is 107 cm³/mol. The number of halogens is 1. The van der Waals surface area contributed by atoms with E-state index in [-0.39, 0.29) is 18.9 Å².